The summed E-state index contributed by atoms with van der Waals surface area (Å²) in [6.45, 7) is 2.90. The predicted molar refractivity (Wildman–Crippen MR) is 85.9 cm³/mol. The summed E-state index contributed by atoms with van der Waals surface area (Å²) >= 11 is 15.3. The molecule has 0 bridgehead atoms. The quantitative estimate of drug-likeness (QED) is 0.749. The molecule has 0 heterocycles. The Kier molecular flexibility index (Phi) is 5.28. The Hall–Kier alpha value is -0.540. The van der Waals surface area contributed by atoms with E-state index in [4.69, 9.17) is 23.2 Å². The van der Waals surface area contributed by atoms with Crippen LogP contribution < -0.4 is 5.32 Å². The highest BCUT2D eigenvalue weighted by atomic mass is 79.9. The Bertz CT molecular complexity index is 555. The molecule has 0 radical (unpaired) electrons. The van der Waals surface area contributed by atoms with Crippen LogP contribution in [0.2, 0.25) is 10.0 Å². The van der Waals surface area contributed by atoms with Crippen LogP contribution in [-0.4, -0.2) is 0 Å². The first-order valence-electron chi connectivity index (χ1n) is 5.99. The van der Waals surface area contributed by atoms with Crippen molar-refractivity contribution in [1.82, 2.24) is 5.32 Å². The van der Waals surface area contributed by atoms with Crippen molar-refractivity contribution in [3.05, 3.63) is 68.1 Å². The average Bonchev–Trinajstić information content (AvgIpc) is 2.40. The van der Waals surface area contributed by atoms with Gasteiger partial charge in [0.15, 0.2) is 0 Å². The fourth-order valence-corrected chi connectivity index (χ4v) is 2.37. The third-order valence-corrected chi connectivity index (χ3v) is 4.23. The summed E-state index contributed by atoms with van der Waals surface area (Å²) in [5.41, 5.74) is 2.38. The molecule has 0 amide bonds. The monoisotopic (exact) mass is 357 g/mol. The van der Waals surface area contributed by atoms with Crippen molar-refractivity contribution in [3.8, 4) is 0 Å². The molecule has 1 N–H and O–H groups in total. The molecular formula is C15H14BrCl2N. The molecule has 1 nitrogen and oxygen atoms in total. The van der Waals surface area contributed by atoms with Crippen LogP contribution in [0, 0.1) is 0 Å². The molecule has 100 valence electrons. The summed E-state index contributed by atoms with van der Waals surface area (Å²) < 4.78 is 1.09. The molecule has 4 heteroatoms. The molecule has 0 aromatic heterocycles. The van der Waals surface area contributed by atoms with Crippen LogP contribution >= 0.6 is 39.1 Å². The van der Waals surface area contributed by atoms with Gasteiger partial charge in [-0.2, -0.15) is 0 Å². The number of halogens is 3. The van der Waals surface area contributed by atoms with Crippen molar-refractivity contribution in [3.63, 3.8) is 0 Å². The van der Waals surface area contributed by atoms with Gasteiger partial charge in [-0.1, -0.05) is 57.3 Å². The van der Waals surface area contributed by atoms with Gasteiger partial charge in [-0.25, -0.2) is 0 Å². The predicted octanol–water partition coefficient (Wildman–Crippen LogP) is 5.61. The van der Waals surface area contributed by atoms with Crippen LogP contribution in [0.3, 0.4) is 0 Å². The molecule has 0 aliphatic rings. The van der Waals surface area contributed by atoms with Crippen molar-refractivity contribution in [1.29, 1.82) is 0 Å². The fraction of sp³-hybridized carbons (Fsp3) is 0.200. The zero-order chi connectivity index (χ0) is 13.8. The standard InChI is InChI=1S/C15H14BrCl2N/c1-10(12-3-5-13(16)6-4-12)19-9-11-2-7-14(17)15(18)8-11/h2-8,10,19H,9H2,1H3/t10-/m1/s1. The Morgan fingerprint density at radius 1 is 1.05 bits per heavy atom. The zero-order valence-electron chi connectivity index (χ0n) is 10.5. The van der Waals surface area contributed by atoms with Gasteiger partial charge < -0.3 is 5.32 Å². The molecule has 0 fully saturated rings. The summed E-state index contributed by atoms with van der Waals surface area (Å²) in [7, 11) is 0. The molecule has 2 rings (SSSR count). The first kappa shape index (κ1) is 14.9. The van der Waals surface area contributed by atoms with Gasteiger partial charge in [0.25, 0.3) is 0 Å². The van der Waals surface area contributed by atoms with Crippen LogP contribution in [0.25, 0.3) is 0 Å². The SMILES string of the molecule is C[C@@H](NCc1ccc(Cl)c(Cl)c1)c1ccc(Br)cc1. The number of hydrogen-bond acceptors (Lipinski definition) is 1. The maximum atomic E-state index is 6.00. The third kappa shape index (κ3) is 4.22. The first-order valence-corrected chi connectivity index (χ1v) is 7.54. The lowest BCUT2D eigenvalue weighted by atomic mass is 10.1. The fourth-order valence-electron chi connectivity index (χ4n) is 1.79. The second-order valence-corrected chi connectivity index (χ2v) is 6.13. The van der Waals surface area contributed by atoms with E-state index < -0.39 is 0 Å². The summed E-state index contributed by atoms with van der Waals surface area (Å²) in [5, 5.41) is 4.65. The van der Waals surface area contributed by atoms with Gasteiger partial charge in [-0.3, -0.25) is 0 Å². The van der Waals surface area contributed by atoms with E-state index in [1.807, 2.05) is 30.3 Å². The Morgan fingerprint density at radius 3 is 2.37 bits per heavy atom. The zero-order valence-corrected chi connectivity index (χ0v) is 13.6. The van der Waals surface area contributed by atoms with Crippen LogP contribution in [0.15, 0.2) is 46.9 Å². The van der Waals surface area contributed by atoms with Crippen LogP contribution in [0.1, 0.15) is 24.1 Å². The minimum Gasteiger partial charge on any atom is -0.306 e. The smallest absolute Gasteiger partial charge is 0.0595 e. The molecule has 0 unspecified atom stereocenters. The van der Waals surface area contributed by atoms with Crippen LogP contribution in [0.5, 0.6) is 0 Å². The van der Waals surface area contributed by atoms with Gasteiger partial charge in [-0.15, -0.1) is 0 Å². The first-order chi connectivity index (χ1) is 9.06. The minimum absolute atomic E-state index is 0.280. The van der Waals surface area contributed by atoms with Gasteiger partial charge in [-0.05, 0) is 42.3 Å². The van der Waals surface area contributed by atoms with Gasteiger partial charge in [0.1, 0.15) is 0 Å². The van der Waals surface area contributed by atoms with Gasteiger partial charge in [0, 0.05) is 17.1 Å². The van der Waals surface area contributed by atoms with Crippen LogP contribution in [-0.2, 0) is 6.54 Å². The molecule has 0 saturated heterocycles. The highest BCUT2D eigenvalue weighted by Crippen LogP contribution is 2.23. The van der Waals surface area contributed by atoms with E-state index in [-0.39, 0.29) is 6.04 Å². The van der Waals surface area contributed by atoms with Crippen LogP contribution in [0.4, 0.5) is 0 Å². The largest absolute Gasteiger partial charge is 0.306 e. The lowest BCUT2D eigenvalue weighted by Crippen LogP contribution is -2.17. The second-order valence-electron chi connectivity index (χ2n) is 4.40. The van der Waals surface area contributed by atoms with E-state index in [0.29, 0.717) is 10.0 Å². The maximum absolute atomic E-state index is 6.00. The third-order valence-electron chi connectivity index (χ3n) is 2.97. The maximum Gasteiger partial charge on any atom is 0.0595 e. The topological polar surface area (TPSA) is 12.0 Å². The van der Waals surface area contributed by atoms with E-state index in [1.54, 1.807) is 0 Å². The molecule has 0 spiro atoms. The molecule has 19 heavy (non-hydrogen) atoms. The van der Waals surface area contributed by atoms with E-state index in [1.165, 1.54) is 5.56 Å². The van der Waals surface area contributed by atoms with Gasteiger partial charge in [0.05, 0.1) is 10.0 Å². The second kappa shape index (κ2) is 6.76. The van der Waals surface area contributed by atoms with Crippen molar-refractivity contribution in [2.75, 3.05) is 0 Å². The van der Waals surface area contributed by atoms with E-state index in [0.717, 1.165) is 16.6 Å². The number of benzene rings is 2. The molecule has 1 atom stereocenters. The number of rotatable bonds is 4. The van der Waals surface area contributed by atoms with Gasteiger partial charge >= 0.3 is 0 Å². The normalized spacial score (nSPS) is 12.4. The molecule has 2 aromatic rings. The van der Waals surface area contributed by atoms with Crippen molar-refractivity contribution in [2.45, 2.75) is 19.5 Å². The Morgan fingerprint density at radius 2 is 1.74 bits per heavy atom. The Labute approximate surface area is 132 Å². The molecule has 0 saturated carbocycles. The number of hydrogen-bond donors (Lipinski definition) is 1. The molecule has 0 aliphatic heterocycles. The van der Waals surface area contributed by atoms with Gasteiger partial charge in [0.2, 0.25) is 0 Å². The van der Waals surface area contributed by atoms with E-state index >= 15 is 0 Å². The number of nitrogens with one attached hydrogen (secondary N) is 1. The highest BCUT2D eigenvalue weighted by Gasteiger charge is 2.05. The highest BCUT2D eigenvalue weighted by molar-refractivity contribution is 9.10. The Balaban J connectivity index is 1.98. The average molecular weight is 359 g/mol. The lowest BCUT2D eigenvalue weighted by Gasteiger charge is -2.14. The lowest BCUT2D eigenvalue weighted by molar-refractivity contribution is 0.574. The summed E-state index contributed by atoms with van der Waals surface area (Å²) in [4.78, 5) is 0. The minimum atomic E-state index is 0.280. The summed E-state index contributed by atoms with van der Waals surface area (Å²) in [6.07, 6.45) is 0. The van der Waals surface area contributed by atoms with E-state index in [9.17, 15) is 0 Å². The molecular weight excluding hydrogens is 345 g/mol. The van der Waals surface area contributed by atoms with Crippen molar-refractivity contribution < 1.29 is 0 Å². The summed E-state index contributed by atoms with van der Waals surface area (Å²) in [6, 6.07) is 14.3. The van der Waals surface area contributed by atoms with Crippen molar-refractivity contribution >= 4 is 39.1 Å². The van der Waals surface area contributed by atoms with Crippen molar-refractivity contribution in [2.24, 2.45) is 0 Å². The molecule has 0 aliphatic carbocycles. The van der Waals surface area contributed by atoms with E-state index in [2.05, 4.69) is 40.3 Å². The summed E-state index contributed by atoms with van der Waals surface area (Å²) in [5.74, 6) is 0. The molecule has 2 aromatic carbocycles.